The van der Waals surface area contributed by atoms with Gasteiger partial charge >= 0.3 is 15.6 Å². The predicted octanol–water partition coefficient (Wildman–Crippen LogP) is 0.392. The molecule has 0 spiro atoms. The minimum atomic E-state index is -5.84. The molecule has 0 aromatic rings. The van der Waals surface area contributed by atoms with Crippen LogP contribution in [-0.4, -0.2) is 18.5 Å². The number of alkyl halides is 3. The van der Waals surface area contributed by atoms with Gasteiger partial charge in [0, 0.05) is 21.1 Å². The van der Waals surface area contributed by atoms with Crippen LogP contribution in [0.4, 0.5) is 13.2 Å². The van der Waals surface area contributed by atoms with Gasteiger partial charge in [0.2, 0.25) is 0 Å². The summed E-state index contributed by atoms with van der Waals surface area (Å²) in [7, 11) is -5.84. The summed E-state index contributed by atoms with van der Waals surface area (Å²) in [5.74, 6) is 0. The molecule has 0 aromatic heterocycles. The number of hydrogen-bond acceptors (Lipinski definition) is 2. The van der Waals surface area contributed by atoms with Crippen LogP contribution in [0.3, 0.4) is 0 Å². The van der Waals surface area contributed by atoms with E-state index >= 15 is 0 Å². The summed E-state index contributed by atoms with van der Waals surface area (Å²) in [6.07, 6.45) is 0. The molecule has 0 aliphatic heterocycles. The first-order valence-electron chi connectivity index (χ1n) is 1.29. The van der Waals surface area contributed by atoms with Crippen molar-refractivity contribution in [3.8, 4) is 0 Å². The Balaban J connectivity index is 0. The van der Waals surface area contributed by atoms with Gasteiger partial charge in [0.1, 0.15) is 0 Å². The second kappa shape index (κ2) is 2.98. The van der Waals surface area contributed by atoms with Crippen molar-refractivity contribution in [1.82, 2.24) is 0 Å². The molecule has 9 heavy (non-hydrogen) atoms. The summed E-state index contributed by atoms with van der Waals surface area (Å²) in [6.45, 7) is 0. The van der Waals surface area contributed by atoms with Crippen LogP contribution in [0.5, 0.6) is 0 Å². The van der Waals surface area contributed by atoms with E-state index in [0.717, 1.165) is 0 Å². The molecule has 0 saturated carbocycles. The van der Waals surface area contributed by atoms with E-state index in [4.69, 9.17) is 13.0 Å². The van der Waals surface area contributed by atoms with Crippen LogP contribution in [0.1, 0.15) is 0 Å². The van der Waals surface area contributed by atoms with Gasteiger partial charge in [-0.05, 0) is 0 Å². The van der Waals surface area contributed by atoms with Gasteiger partial charge in [-0.2, -0.15) is 21.6 Å². The summed E-state index contributed by atoms with van der Waals surface area (Å²) in [6, 6.07) is 0. The summed E-state index contributed by atoms with van der Waals surface area (Å²) in [4.78, 5) is 0. The zero-order chi connectivity index (χ0) is 7.00. The standard InChI is InChI=1S/CHF3O3S.W/c2-1(3,4)8(5,6)7;/h(H,5,6,7);. The maximum Gasteiger partial charge on any atom is 0.522 e. The van der Waals surface area contributed by atoms with Crippen LogP contribution >= 0.6 is 0 Å². The molecule has 0 aliphatic carbocycles. The molecule has 0 rings (SSSR count). The van der Waals surface area contributed by atoms with Gasteiger partial charge in [-0.15, -0.1) is 0 Å². The van der Waals surface area contributed by atoms with Gasteiger partial charge in [-0.1, -0.05) is 0 Å². The van der Waals surface area contributed by atoms with Crippen LogP contribution in [0.2, 0.25) is 0 Å². The molecule has 0 saturated heterocycles. The van der Waals surface area contributed by atoms with Crippen molar-refractivity contribution in [2.45, 2.75) is 5.51 Å². The van der Waals surface area contributed by atoms with Gasteiger partial charge in [-0.25, -0.2) is 0 Å². The molecule has 0 fully saturated rings. The summed E-state index contributed by atoms with van der Waals surface area (Å²) < 4.78 is 57.5. The number of rotatable bonds is 0. The SMILES string of the molecule is O=S(=O)(O)C(F)(F)F.[W]. The molecule has 0 aliphatic rings. The van der Waals surface area contributed by atoms with E-state index in [2.05, 4.69) is 0 Å². The maximum absolute atomic E-state index is 10.7. The molecule has 0 unspecified atom stereocenters. The average Bonchev–Trinajstić information content (AvgIpc) is 1.25. The number of halogens is 3. The summed E-state index contributed by atoms with van der Waals surface area (Å²) in [5, 5.41) is 0. The molecule has 0 heterocycles. The zero-order valence-electron chi connectivity index (χ0n) is 3.71. The van der Waals surface area contributed by atoms with Crippen molar-refractivity contribution >= 4 is 10.1 Å². The average molecular weight is 334 g/mol. The Morgan fingerprint density at radius 3 is 1.33 bits per heavy atom. The van der Waals surface area contributed by atoms with Gasteiger partial charge in [0.15, 0.2) is 0 Å². The number of hydrogen-bond donors (Lipinski definition) is 1. The van der Waals surface area contributed by atoms with Crippen molar-refractivity contribution in [2.75, 3.05) is 0 Å². The topological polar surface area (TPSA) is 54.4 Å². The fourth-order valence-electron chi connectivity index (χ4n) is 0. The van der Waals surface area contributed by atoms with Crippen LogP contribution in [0.25, 0.3) is 0 Å². The Hall–Kier alpha value is 0.388. The fraction of sp³-hybridized carbons (Fsp3) is 1.00. The second-order valence-corrected chi connectivity index (χ2v) is 2.33. The first kappa shape index (κ1) is 12.1. The summed E-state index contributed by atoms with van der Waals surface area (Å²) >= 11 is 0. The molecule has 0 atom stereocenters. The van der Waals surface area contributed by atoms with E-state index in [0.29, 0.717) is 0 Å². The molecule has 56 valence electrons. The van der Waals surface area contributed by atoms with Crippen LogP contribution in [0, 0.1) is 0 Å². The first-order chi connectivity index (χ1) is 3.25. The minimum absolute atomic E-state index is 0. The van der Waals surface area contributed by atoms with Gasteiger partial charge in [0.05, 0.1) is 0 Å². The Morgan fingerprint density at radius 1 is 1.22 bits per heavy atom. The van der Waals surface area contributed by atoms with E-state index in [1.807, 2.05) is 0 Å². The molecule has 3 nitrogen and oxygen atoms in total. The van der Waals surface area contributed by atoms with Crippen molar-refractivity contribution in [1.29, 1.82) is 0 Å². The van der Waals surface area contributed by atoms with Crippen LogP contribution < -0.4 is 0 Å². The Bertz CT molecular complexity index is 168. The van der Waals surface area contributed by atoms with Crippen molar-refractivity contribution < 1.29 is 47.2 Å². The molecule has 0 aromatic carbocycles. The minimum Gasteiger partial charge on any atom is -0.279 e. The fourth-order valence-corrected chi connectivity index (χ4v) is 0. The molecule has 8 heteroatoms. The third-order valence-corrected chi connectivity index (χ3v) is 0.877. The van der Waals surface area contributed by atoms with E-state index < -0.39 is 15.6 Å². The third-order valence-electron chi connectivity index (χ3n) is 0.292. The Morgan fingerprint density at radius 2 is 1.33 bits per heavy atom. The van der Waals surface area contributed by atoms with E-state index in [1.54, 1.807) is 0 Å². The maximum atomic E-state index is 10.7. The van der Waals surface area contributed by atoms with E-state index in [1.165, 1.54) is 0 Å². The summed E-state index contributed by atoms with van der Waals surface area (Å²) in [5.41, 5.74) is -5.53. The molecule has 1 N–H and O–H groups in total. The van der Waals surface area contributed by atoms with Gasteiger partial charge < -0.3 is 0 Å². The van der Waals surface area contributed by atoms with Crippen molar-refractivity contribution in [2.24, 2.45) is 0 Å². The van der Waals surface area contributed by atoms with Crippen molar-refractivity contribution in [3.63, 3.8) is 0 Å². The predicted molar refractivity (Wildman–Crippen MR) is 17.6 cm³/mol. The molecular weight excluding hydrogens is 333 g/mol. The quantitative estimate of drug-likeness (QED) is 0.515. The largest absolute Gasteiger partial charge is 0.522 e. The van der Waals surface area contributed by atoms with Crippen molar-refractivity contribution in [3.05, 3.63) is 0 Å². The normalized spacial score (nSPS) is 12.4. The zero-order valence-corrected chi connectivity index (χ0v) is 7.46. The van der Waals surface area contributed by atoms with Crippen LogP contribution in [-0.2, 0) is 31.2 Å². The second-order valence-electron chi connectivity index (χ2n) is 0.921. The molecule has 0 radical (unpaired) electrons. The Kier molecular flexibility index (Phi) is 4.01. The smallest absolute Gasteiger partial charge is 0.279 e. The molecule has 0 bridgehead atoms. The van der Waals surface area contributed by atoms with E-state index in [9.17, 15) is 13.2 Å². The first-order valence-corrected chi connectivity index (χ1v) is 2.73. The van der Waals surface area contributed by atoms with Gasteiger partial charge in [-0.3, -0.25) is 4.55 Å². The van der Waals surface area contributed by atoms with Gasteiger partial charge in [0.25, 0.3) is 0 Å². The molecule has 0 amide bonds. The monoisotopic (exact) mass is 334 g/mol. The molecular formula is CHF3O3SW. The Labute approximate surface area is 63.3 Å². The van der Waals surface area contributed by atoms with Crippen LogP contribution in [0.15, 0.2) is 0 Å². The third kappa shape index (κ3) is 3.88. The van der Waals surface area contributed by atoms with E-state index in [-0.39, 0.29) is 21.1 Å².